The third kappa shape index (κ3) is 2.64. The average Bonchev–Trinajstić information content (AvgIpc) is 2.77. The number of halogens is 1. The maximum absolute atomic E-state index is 10.7. The molecule has 1 aliphatic heterocycles. The Hall–Kier alpha value is -1.86. The van der Waals surface area contributed by atoms with Crippen LogP contribution in [0, 0.1) is 0 Å². The predicted molar refractivity (Wildman–Crippen MR) is 96.1 cm³/mol. The van der Waals surface area contributed by atoms with Crippen LogP contribution in [-0.2, 0) is 0 Å². The topological polar surface area (TPSA) is 62.8 Å². The monoisotopic (exact) mass is 388 g/mol. The average molecular weight is 389 g/mol. The number of thioether (sulfide) groups is 1. The minimum atomic E-state index is 0.170. The highest BCUT2D eigenvalue weighted by atomic mass is 79.9. The first-order valence-corrected chi connectivity index (χ1v) is 9.12. The van der Waals surface area contributed by atoms with Crippen molar-refractivity contribution in [1.82, 2.24) is 9.55 Å². The quantitative estimate of drug-likeness (QED) is 0.626. The van der Waals surface area contributed by atoms with E-state index in [-0.39, 0.29) is 5.88 Å². The summed E-state index contributed by atoms with van der Waals surface area (Å²) in [6.07, 6.45) is 1.67. The smallest absolute Gasteiger partial charge is 0.221 e. The number of pyridine rings is 1. The lowest BCUT2D eigenvalue weighted by Crippen LogP contribution is -2.22. The van der Waals surface area contributed by atoms with Crippen LogP contribution in [0.4, 0.5) is 11.5 Å². The molecule has 1 aliphatic rings. The minimum absolute atomic E-state index is 0.170. The van der Waals surface area contributed by atoms with Crippen LogP contribution in [0.15, 0.2) is 57.3 Å². The van der Waals surface area contributed by atoms with Gasteiger partial charge in [0, 0.05) is 27.6 Å². The molecule has 2 aromatic heterocycles. The SMILES string of the molecule is Oc1c(N=Nc2ccccn2)c2cc(Br)ccc2n1C1CSC1. The van der Waals surface area contributed by atoms with Gasteiger partial charge in [0.25, 0.3) is 0 Å². The summed E-state index contributed by atoms with van der Waals surface area (Å²) in [5.74, 6) is 2.69. The normalized spacial score (nSPS) is 15.3. The van der Waals surface area contributed by atoms with Gasteiger partial charge in [0.15, 0.2) is 11.5 Å². The van der Waals surface area contributed by atoms with Crippen LogP contribution in [0.25, 0.3) is 10.9 Å². The van der Waals surface area contributed by atoms with E-state index in [2.05, 4.69) is 31.1 Å². The zero-order valence-corrected chi connectivity index (χ0v) is 14.5. The molecule has 23 heavy (non-hydrogen) atoms. The molecular weight excluding hydrogens is 376 g/mol. The number of hydrogen-bond donors (Lipinski definition) is 1. The molecule has 0 spiro atoms. The van der Waals surface area contributed by atoms with E-state index in [1.807, 2.05) is 46.7 Å². The Labute approximate surface area is 145 Å². The van der Waals surface area contributed by atoms with Gasteiger partial charge in [0.2, 0.25) is 5.88 Å². The zero-order chi connectivity index (χ0) is 15.8. The molecular formula is C16H13BrN4OS. The van der Waals surface area contributed by atoms with E-state index in [1.165, 1.54) is 0 Å². The van der Waals surface area contributed by atoms with Gasteiger partial charge in [-0.25, -0.2) is 4.98 Å². The number of aromatic nitrogens is 2. The summed E-state index contributed by atoms with van der Waals surface area (Å²) in [4.78, 5) is 4.13. The molecule has 0 atom stereocenters. The Morgan fingerprint density at radius 3 is 2.78 bits per heavy atom. The highest BCUT2D eigenvalue weighted by Crippen LogP contribution is 2.45. The van der Waals surface area contributed by atoms with Crippen molar-refractivity contribution in [2.45, 2.75) is 6.04 Å². The molecule has 0 bridgehead atoms. The summed E-state index contributed by atoms with van der Waals surface area (Å²) in [5, 5.41) is 20.0. The maximum atomic E-state index is 10.7. The molecule has 0 amide bonds. The lowest BCUT2D eigenvalue weighted by Gasteiger charge is -2.27. The van der Waals surface area contributed by atoms with Crippen LogP contribution in [-0.4, -0.2) is 26.2 Å². The first-order chi connectivity index (χ1) is 11.2. The van der Waals surface area contributed by atoms with Gasteiger partial charge in [0.05, 0.1) is 11.6 Å². The summed E-state index contributed by atoms with van der Waals surface area (Å²) in [5.41, 5.74) is 1.47. The maximum Gasteiger partial charge on any atom is 0.221 e. The molecule has 7 heteroatoms. The van der Waals surface area contributed by atoms with Crippen molar-refractivity contribution in [3.05, 3.63) is 47.1 Å². The fourth-order valence-electron chi connectivity index (χ4n) is 2.61. The Bertz CT molecular complexity index is 890. The van der Waals surface area contributed by atoms with E-state index in [1.54, 1.807) is 12.3 Å². The minimum Gasteiger partial charge on any atom is -0.493 e. The van der Waals surface area contributed by atoms with Gasteiger partial charge in [0.1, 0.15) is 0 Å². The van der Waals surface area contributed by atoms with Crippen molar-refractivity contribution < 1.29 is 5.11 Å². The zero-order valence-electron chi connectivity index (χ0n) is 12.1. The molecule has 3 heterocycles. The van der Waals surface area contributed by atoms with Crippen molar-refractivity contribution in [3.63, 3.8) is 0 Å². The number of rotatable bonds is 3. The molecule has 0 radical (unpaired) electrons. The molecule has 0 saturated carbocycles. The standard InChI is InChI=1S/C16H13BrN4OS/c17-10-4-5-13-12(7-10)15(16(22)21(13)11-8-23-9-11)20-19-14-3-1-2-6-18-14/h1-7,11,22H,8-9H2. The van der Waals surface area contributed by atoms with Crippen LogP contribution in [0.2, 0.25) is 0 Å². The highest BCUT2D eigenvalue weighted by molar-refractivity contribution is 9.10. The van der Waals surface area contributed by atoms with Crippen molar-refractivity contribution in [1.29, 1.82) is 0 Å². The molecule has 4 rings (SSSR count). The molecule has 0 aliphatic carbocycles. The van der Waals surface area contributed by atoms with Crippen LogP contribution in [0.5, 0.6) is 5.88 Å². The largest absolute Gasteiger partial charge is 0.493 e. The molecule has 1 fully saturated rings. The van der Waals surface area contributed by atoms with Gasteiger partial charge in [-0.2, -0.15) is 11.8 Å². The van der Waals surface area contributed by atoms with Crippen LogP contribution in [0.3, 0.4) is 0 Å². The van der Waals surface area contributed by atoms with Gasteiger partial charge in [-0.3, -0.25) is 0 Å². The number of benzene rings is 1. The second kappa shape index (κ2) is 5.98. The molecule has 116 valence electrons. The second-order valence-corrected chi connectivity index (χ2v) is 7.27. The number of nitrogens with zero attached hydrogens (tertiary/aromatic N) is 4. The van der Waals surface area contributed by atoms with Crippen LogP contribution >= 0.6 is 27.7 Å². The predicted octanol–water partition coefficient (Wildman–Crippen LogP) is 5.21. The summed E-state index contributed by atoms with van der Waals surface area (Å²) in [7, 11) is 0. The van der Waals surface area contributed by atoms with Crippen molar-refractivity contribution >= 4 is 50.1 Å². The van der Waals surface area contributed by atoms with Crippen molar-refractivity contribution in [3.8, 4) is 5.88 Å². The Balaban J connectivity index is 1.86. The molecule has 0 unspecified atom stereocenters. The molecule has 1 N–H and O–H groups in total. The summed E-state index contributed by atoms with van der Waals surface area (Å²) in [6.45, 7) is 0. The number of fused-ring (bicyclic) bond motifs is 1. The van der Waals surface area contributed by atoms with Gasteiger partial charge in [-0.15, -0.1) is 10.2 Å². The molecule has 1 aromatic carbocycles. The fraction of sp³-hybridized carbons (Fsp3) is 0.188. The van der Waals surface area contributed by atoms with E-state index in [0.717, 1.165) is 26.9 Å². The number of aromatic hydroxyl groups is 1. The number of azo groups is 1. The fourth-order valence-corrected chi connectivity index (χ4v) is 3.72. The third-order valence-electron chi connectivity index (χ3n) is 3.80. The first kappa shape index (κ1) is 14.7. The van der Waals surface area contributed by atoms with Crippen molar-refractivity contribution in [2.75, 3.05) is 11.5 Å². The molecule has 1 saturated heterocycles. The highest BCUT2D eigenvalue weighted by Gasteiger charge is 2.27. The second-order valence-electron chi connectivity index (χ2n) is 5.28. The summed E-state index contributed by atoms with van der Waals surface area (Å²) < 4.78 is 2.91. The Morgan fingerprint density at radius 1 is 1.22 bits per heavy atom. The van der Waals surface area contributed by atoms with E-state index >= 15 is 0 Å². The van der Waals surface area contributed by atoms with Gasteiger partial charge in [-0.05, 0) is 30.3 Å². The van der Waals surface area contributed by atoms with Gasteiger partial charge >= 0.3 is 0 Å². The Kier molecular flexibility index (Phi) is 3.82. The van der Waals surface area contributed by atoms with E-state index in [0.29, 0.717) is 17.5 Å². The lowest BCUT2D eigenvalue weighted by molar-refractivity contribution is 0.406. The number of hydrogen-bond acceptors (Lipinski definition) is 5. The van der Waals surface area contributed by atoms with Gasteiger partial charge in [-0.1, -0.05) is 22.0 Å². The van der Waals surface area contributed by atoms with Crippen LogP contribution in [0.1, 0.15) is 6.04 Å². The summed E-state index contributed by atoms with van der Waals surface area (Å²) >= 11 is 5.36. The lowest BCUT2D eigenvalue weighted by atomic mass is 10.2. The van der Waals surface area contributed by atoms with Crippen LogP contribution < -0.4 is 0 Å². The van der Waals surface area contributed by atoms with Crippen molar-refractivity contribution in [2.24, 2.45) is 10.2 Å². The van der Waals surface area contributed by atoms with E-state index in [4.69, 9.17) is 0 Å². The van der Waals surface area contributed by atoms with E-state index < -0.39 is 0 Å². The van der Waals surface area contributed by atoms with E-state index in [9.17, 15) is 5.11 Å². The third-order valence-corrected chi connectivity index (χ3v) is 5.53. The Morgan fingerprint density at radius 2 is 2.09 bits per heavy atom. The molecule has 5 nitrogen and oxygen atoms in total. The first-order valence-electron chi connectivity index (χ1n) is 7.17. The molecule has 3 aromatic rings. The summed E-state index contributed by atoms with van der Waals surface area (Å²) in [6, 6.07) is 11.7. The van der Waals surface area contributed by atoms with Gasteiger partial charge < -0.3 is 9.67 Å².